The first-order chi connectivity index (χ1) is 10.8. The highest BCUT2D eigenvalue weighted by molar-refractivity contribution is 7.98. The number of aryl methyl sites for hydroxylation is 1. The van der Waals surface area contributed by atoms with Gasteiger partial charge in [-0.15, -0.1) is 11.8 Å². The van der Waals surface area contributed by atoms with Crippen molar-refractivity contribution < 1.29 is 9.53 Å². The molecule has 0 atom stereocenters. The summed E-state index contributed by atoms with van der Waals surface area (Å²) in [5.41, 5.74) is 1.91. The summed E-state index contributed by atoms with van der Waals surface area (Å²) in [6, 6.07) is 15.7. The fourth-order valence-corrected chi connectivity index (χ4v) is 2.91. The predicted octanol–water partition coefficient (Wildman–Crippen LogP) is 3.78. The van der Waals surface area contributed by atoms with Gasteiger partial charge in [0, 0.05) is 11.4 Å². The first kappa shape index (κ1) is 16.4. The number of carbonyl (C=O) groups is 1. The van der Waals surface area contributed by atoms with Crippen molar-refractivity contribution >= 4 is 17.7 Å². The van der Waals surface area contributed by atoms with Crippen LogP contribution < -0.4 is 10.1 Å². The van der Waals surface area contributed by atoms with Crippen molar-refractivity contribution in [3.63, 3.8) is 0 Å². The summed E-state index contributed by atoms with van der Waals surface area (Å²) in [5, 5.41) is 2.99. The molecular weight excluding hydrogens is 294 g/mol. The number of nitrogens with one attached hydrogen (secondary N) is 1. The van der Waals surface area contributed by atoms with Crippen LogP contribution in [0.2, 0.25) is 0 Å². The minimum Gasteiger partial charge on any atom is -0.496 e. The van der Waals surface area contributed by atoms with E-state index >= 15 is 0 Å². The SMILES string of the molecule is COc1ccccc1CCCNC(=O)c1ccccc1SC. The Morgan fingerprint density at radius 1 is 1.14 bits per heavy atom. The van der Waals surface area contributed by atoms with Crippen molar-refractivity contribution in [3.05, 3.63) is 59.7 Å². The van der Waals surface area contributed by atoms with Crippen LogP contribution in [0.1, 0.15) is 22.3 Å². The molecule has 0 aliphatic carbocycles. The van der Waals surface area contributed by atoms with Gasteiger partial charge in [-0.3, -0.25) is 4.79 Å². The third-order valence-corrected chi connectivity index (χ3v) is 4.25. The minimum atomic E-state index is -0.00928. The average Bonchev–Trinajstić information content (AvgIpc) is 2.58. The lowest BCUT2D eigenvalue weighted by atomic mass is 10.1. The molecular formula is C18H21NO2S. The van der Waals surface area contributed by atoms with Gasteiger partial charge in [0.1, 0.15) is 5.75 Å². The molecule has 0 aliphatic heterocycles. The zero-order valence-corrected chi connectivity index (χ0v) is 13.8. The zero-order valence-electron chi connectivity index (χ0n) is 13.0. The number of para-hydroxylation sites is 1. The van der Waals surface area contributed by atoms with Crippen molar-refractivity contribution in [1.82, 2.24) is 5.32 Å². The van der Waals surface area contributed by atoms with Crippen LogP contribution in [-0.4, -0.2) is 25.8 Å². The summed E-state index contributed by atoms with van der Waals surface area (Å²) < 4.78 is 5.33. The fraction of sp³-hybridized carbons (Fsp3) is 0.278. The van der Waals surface area contributed by atoms with E-state index in [2.05, 4.69) is 11.4 Å². The highest BCUT2D eigenvalue weighted by Gasteiger charge is 2.09. The normalized spacial score (nSPS) is 10.3. The molecule has 0 spiro atoms. The summed E-state index contributed by atoms with van der Waals surface area (Å²) in [5.74, 6) is 0.895. The van der Waals surface area contributed by atoms with Gasteiger partial charge in [-0.25, -0.2) is 0 Å². The Kier molecular flexibility index (Phi) is 6.34. The first-order valence-electron chi connectivity index (χ1n) is 7.29. The van der Waals surface area contributed by atoms with Gasteiger partial charge in [0.2, 0.25) is 0 Å². The van der Waals surface area contributed by atoms with Crippen molar-refractivity contribution in [2.24, 2.45) is 0 Å². The van der Waals surface area contributed by atoms with Gasteiger partial charge >= 0.3 is 0 Å². The quantitative estimate of drug-likeness (QED) is 0.624. The van der Waals surface area contributed by atoms with Gasteiger partial charge in [-0.05, 0) is 42.9 Å². The van der Waals surface area contributed by atoms with E-state index in [1.54, 1.807) is 18.9 Å². The number of amides is 1. The topological polar surface area (TPSA) is 38.3 Å². The number of methoxy groups -OCH3 is 1. The summed E-state index contributed by atoms with van der Waals surface area (Å²) in [4.78, 5) is 13.2. The smallest absolute Gasteiger partial charge is 0.252 e. The summed E-state index contributed by atoms with van der Waals surface area (Å²) in [7, 11) is 1.68. The van der Waals surface area contributed by atoms with Gasteiger partial charge < -0.3 is 10.1 Å². The van der Waals surface area contributed by atoms with E-state index < -0.39 is 0 Å². The fourth-order valence-electron chi connectivity index (χ4n) is 2.32. The Hall–Kier alpha value is -1.94. The average molecular weight is 315 g/mol. The van der Waals surface area contributed by atoms with Crippen LogP contribution >= 0.6 is 11.8 Å². The lowest BCUT2D eigenvalue weighted by molar-refractivity contribution is 0.0950. The third-order valence-electron chi connectivity index (χ3n) is 3.45. The van der Waals surface area contributed by atoms with Gasteiger partial charge in [0.05, 0.1) is 12.7 Å². The first-order valence-corrected chi connectivity index (χ1v) is 8.52. The van der Waals surface area contributed by atoms with Gasteiger partial charge in [-0.1, -0.05) is 30.3 Å². The number of benzene rings is 2. The molecule has 0 heterocycles. The maximum Gasteiger partial charge on any atom is 0.252 e. The molecule has 22 heavy (non-hydrogen) atoms. The van der Waals surface area contributed by atoms with Crippen molar-refractivity contribution in [2.45, 2.75) is 17.7 Å². The number of hydrogen-bond acceptors (Lipinski definition) is 3. The molecule has 3 nitrogen and oxygen atoms in total. The Balaban J connectivity index is 1.85. The third kappa shape index (κ3) is 4.28. The molecule has 0 saturated carbocycles. The van der Waals surface area contributed by atoms with E-state index in [0.29, 0.717) is 6.54 Å². The van der Waals surface area contributed by atoms with Crippen LogP contribution in [0.4, 0.5) is 0 Å². The maximum absolute atomic E-state index is 12.2. The van der Waals surface area contributed by atoms with E-state index in [0.717, 1.165) is 29.1 Å². The number of hydrogen-bond donors (Lipinski definition) is 1. The largest absolute Gasteiger partial charge is 0.496 e. The molecule has 4 heteroatoms. The van der Waals surface area contributed by atoms with Crippen molar-refractivity contribution in [3.8, 4) is 5.75 Å². The second-order valence-corrected chi connectivity index (χ2v) is 5.72. The zero-order chi connectivity index (χ0) is 15.8. The van der Waals surface area contributed by atoms with Crippen LogP contribution in [-0.2, 0) is 6.42 Å². The molecule has 2 rings (SSSR count). The minimum absolute atomic E-state index is 0.00928. The van der Waals surface area contributed by atoms with Crippen LogP contribution in [0.25, 0.3) is 0 Å². The van der Waals surface area contributed by atoms with E-state index in [4.69, 9.17) is 4.74 Å². The molecule has 2 aromatic carbocycles. The predicted molar refractivity (Wildman–Crippen MR) is 91.9 cm³/mol. The van der Waals surface area contributed by atoms with Crippen LogP contribution in [0, 0.1) is 0 Å². The Bertz CT molecular complexity index is 628. The molecule has 1 N–H and O–H groups in total. The van der Waals surface area contributed by atoms with E-state index in [9.17, 15) is 4.79 Å². The molecule has 0 bridgehead atoms. The summed E-state index contributed by atoms with van der Waals surface area (Å²) in [6.07, 6.45) is 3.75. The van der Waals surface area contributed by atoms with E-state index in [-0.39, 0.29) is 5.91 Å². The summed E-state index contributed by atoms with van der Waals surface area (Å²) >= 11 is 1.59. The molecule has 2 aromatic rings. The molecule has 0 aliphatic rings. The van der Waals surface area contributed by atoms with Gasteiger partial charge in [0.25, 0.3) is 5.91 Å². The van der Waals surface area contributed by atoms with Crippen LogP contribution in [0.3, 0.4) is 0 Å². The molecule has 0 radical (unpaired) electrons. The van der Waals surface area contributed by atoms with Gasteiger partial charge in [0.15, 0.2) is 0 Å². The van der Waals surface area contributed by atoms with E-state index in [1.807, 2.05) is 48.7 Å². The van der Waals surface area contributed by atoms with Crippen molar-refractivity contribution in [2.75, 3.05) is 19.9 Å². The number of carbonyl (C=O) groups excluding carboxylic acids is 1. The molecule has 0 aromatic heterocycles. The highest BCUT2D eigenvalue weighted by atomic mass is 32.2. The number of rotatable bonds is 7. The Labute approximate surface area is 136 Å². The van der Waals surface area contributed by atoms with Crippen LogP contribution in [0.15, 0.2) is 53.4 Å². The van der Waals surface area contributed by atoms with E-state index in [1.165, 1.54) is 5.56 Å². The maximum atomic E-state index is 12.2. The lowest BCUT2D eigenvalue weighted by Crippen LogP contribution is -2.25. The monoisotopic (exact) mass is 315 g/mol. The molecule has 1 amide bonds. The molecule has 0 unspecified atom stereocenters. The Morgan fingerprint density at radius 3 is 2.64 bits per heavy atom. The van der Waals surface area contributed by atoms with Crippen LogP contribution in [0.5, 0.6) is 5.75 Å². The lowest BCUT2D eigenvalue weighted by Gasteiger charge is -2.10. The molecule has 0 fully saturated rings. The molecule has 0 saturated heterocycles. The second kappa shape index (κ2) is 8.49. The number of ether oxygens (including phenoxy) is 1. The Morgan fingerprint density at radius 2 is 1.86 bits per heavy atom. The standard InChI is InChI=1S/C18H21NO2S/c1-21-16-11-5-3-8-14(16)9-7-13-19-18(20)15-10-4-6-12-17(15)22-2/h3-6,8,10-12H,7,9,13H2,1-2H3,(H,19,20). The van der Waals surface area contributed by atoms with Gasteiger partial charge in [-0.2, -0.15) is 0 Å². The van der Waals surface area contributed by atoms with Crippen molar-refractivity contribution in [1.29, 1.82) is 0 Å². The molecule has 116 valence electrons. The second-order valence-electron chi connectivity index (χ2n) is 4.87. The highest BCUT2D eigenvalue weighted by Crippen LogP contribution is 2.20. The number of thioether (sulfide) groups is 1. The summed E-state index contributed by atoms with van der Waals surface area (Å²) in [6.45, 7) is 0.652.